The first kappa shape index (κ1) is 68.3. The van der Waals surface area contributed by atoms with Crippen LogP contribution in [0.15, 0.2) is 153 Å². The van der Waals surface area contributed by atoms with Crippen LogP contribution < -0.4 is 18.9 Å². The quantitative estimate of drug-likeness (QED) is 0.0534. The number of fused-ring (bicyclic) bond motifs is 5. The second-order valence-corrected chi connectivity index (χ2v) is 23.5. The van der Waals surface area contributed by atoms with Crippen LogP contribution in [0.25, 0.3) is 12.2 Å². The van der Waals surface area contributed by atoms with E-state index in [1.807, 2.05) is 18.2 Å². The highest BCUT2D eigenvalue weighted by molar-refractivity contribution is 5.48. The van der Waals surface area contributed by atoms with Crippen molar-refractivity contribution in [1.29, 1.82) is 0 Å². The highest BCUT2D eigenvalue weighted by Crippen LogP contribution is 2.30. The maximum absolute atomic E-state index is 5.72. The summed E-state index contributed by atoms with van der Waals surface area (Å²) < 4.78 is 27.1. The molecule has 0 radical (unpaired) electrons. The van der Waals surface area contributed by atoms with Gasteiger partial charge in [-0.1, -0.05) is 195 Å². The molecule has 0 aromatic heterocycles. The lowest BCUT2D eigenvalue weighted by Gasteiger charge is -2.19. The first-order chi connectivity index (χ1) is 42.2. The Morgan fingerprint density at radius 1 is 0.326 bits per heavy atom. The lowest BCUT2D eigenvalue weighted by Crippen LogP contribution is -2.08. The van der Waals surface area contributed by atoms with Crippen LogP contribution in [-0.2, 0) is 81.8 Å². The Bertz CT molecular complexity index is 2970. The van der Waals surface area contributed by atoms with Crippen LogP contribution in [0.2, 0.25) is 0 Å². The van der Waals surface area contributed by atoms with Gasteiger partial charge < -0.3 is 23.7 Å². The Morgan fingerprint density at radius 3 is 1.05 bits per heavy atom. The summed E-state index contributed by atoms with van der Waals surface area (Å²) in [6.07, 6.45) is 33.5. The molecular formula is C81H106O5. The fourth-order valence-corrected chi connectivity index (χ4v) is 10.5. The van der Waals surface area contributed by atoms with Gasteiger partial charge in [-0.05, 0) is 242 Å². The molecule has 0 N–H and O–H groups in total. The molecule has 0 bridgehead atoms. The molecule has 0 amide bonds. The van der Waals surface area contributed by atoms with Crippen molar-refractivity contribution in [2.24, 2.45) is 0 Å². The SMILES string of the molecule is C=Cc1ccc(C)cc1.C=Cc1ccc(CCCC)cc1.CCCCCCOc1ccc2c(c1)CC2.CCCCCOc1ccc2c(c1)CC2.CCCc1ccc2c(c1)CC2.COCCCCOc1ccc2c(c1)CC2.COc1ccc2c(c1)CC2. The van der Waals surface area contributed by atoms with Gasteiger partial charge in [0.05, 0.1) is 26.9 Å². The summed E-state index contributed by atoms with van der Waals surface area (Å²) in [4.78, 5) is 0. The molecule has 5 nitrogen and oxygen atoms in total. The van der Waals surface area contributed by atoms with Gasteiger partial charge in [0.1, 0.15) is 23.0 Å². The number of hydrogen-bond donors (Lipinski definition) is 0. The topological polar surface area (TPSA) is 46.2 Å². The second kappa shape index (κ2) is 39.8. The summed E-state index contributed by atoms with van der Waals surface area (Å²) >= 11 is 0. The molecule has 0 saturated carbocycles. The number of rotatable bonds is 25. The molecular weight excluding hydrogens is 1050 g/mol. The predicted octanol–water partition coefficient (Wildman–Crippen LogP) is 20.5. The van der Waals surface area contributed by atoms with Crippen molar-refractivity contribution in [2.45, 2.75) is 189 Å². The van der Waals surface area contributed by atoms with Crippen molar-refractivity contribution in [3.05, 3.63) is 236 Å². The Morgan fingerprint density at radius 2 is 0.674 bits per heavy atom. The van der Waals surface area contributed by atoms with E-state index in [0.29, 0.717) is 0 Å². The van der Waals surface area contributed by atoms with Crippen molar-refractivity contribution in [3.8, 4) is 23.0 Å². The lowest BCUT2D eigenvalue weighted by atomic mass is 9.87. The highest BCUT2D eigenvalue weighted by atomic mass is 16.5. The van der Waals surface area contributed by atoms with E-state index in [4.69, 9.17) is 23.7 Å². The molecule has 0 saturated heterocycles. The normalized spacial score (nSPS) is 12.4. The van der Waals surface area contributed by atoms with Gasteiger partial charge >= 0.3 is 0 Å². The smallest absolute Gasteiger partial charge is 0.119 e. The molecule has 0 fully saturated rings. The van der Waals surface area contributed by atoms with Gasteiger partial charge in [0.2, 0.25) is 0 Å². The standard InChI is InChI=1S/C14H20O.C13H18O2.C13H18O.C12H16.C11H14.C9H10O.C9H10/c1-2-3-4-5-10-15-14-9-8-12-6-7-13(12)11-14;1-14-8-2-3-9-15-13-7-6-11-4-5-12(11)10-13;1-2-3-4-9-14-13-8-7-11-5-6-12(11)10-13;1-3-5-6-12-9-7-11(4-2)8-10-12;1-2-3-9-4-5-10-6-7-11(10)8-9;1-10-9-5-4-7-2-3-8(7)6-9;1-3-9-6-4-8(2)5-7-9/h8-9,11H,2-7,10H2,1H3;6-7,10H,2-5,8-9H2,1H3;7-8,10H,2-6,9H2,1H3;4,7-10H,2-3,5-6H2,1H3;4-5,8H,2-3,6-7H2,1H3;4-6H,2-3H2,1H3;3-7H,1H2,2H3. The summed E-state index contributed by atoms with van der Waals surface area (Å²) in [6, 6.07) is 49.6. The van der Waals surface area contributed by atoms with E-state index in [1.54, 1.807) is 25.3 Å². The first-order valence-electron chi connectivity index (χ1n) is 33.1. The molecule has 86 heavy (non-hydrogen) atoms. The number of benzene rings is 7. The van der Waals surface area contributed by atoms with Gasteiger partial charge in [-0.15, -0.1) is 0 Å². The Kier molecular flexibility index (Phi) is 31.6. The third-order valence-electron chi connectivity index (χ3n) is 16.7. The first-order valence-corrected chi connectivity index (χ1v) is 33.1. The average Bonchev–Trinajstić information content (AvgIpc) is 2.63. The van der Waals surface area contributed by atoms with E-state index in [0.717, 1.165) is 62.3 Å². The van der Waals surface area contributed by atoms with Crippen LogP contribution >= 0.6 is 0 Å². The zero-order chi connectivity index (χ0) is 61.0. The summed E-state index contributed by atoms with van der Waals surface area (Å²) in [5, 5.41) is 0. The van der Waals surface area contributed by atoms with Crippen molar-refractivity contribution in [3.63, 3.8) is 0 Å². The maximum atomic E-state index is 5.72. The van der Waals surface area contributed by atoms with Crippen molar-refractivity contribution in [2.75, 3.05) is 40.6 Å². The zero-order valence-corrected chi connectivity index (χ0v) is 54.2. The molecule has 0 aliphatic heterocycles. The Labute approximate surface area is 521 Å². The van der Waals surface area contributed by atoms with Gasteiger partial charge in [0.15, 0.2) is 0 Å². The van der Waals surface area contributed by atoms with Crippen molar-refractivity contribution in [1.82, 2.24) is 0 Å². The minimum absolute atomic E-state index is 0.794. The number of unbranched alkanes of at least 4 members (excludes halogenated alkanes) is 7. The van der Waals surface area contributed by atoms with Crippen molar-refractivity contribution < 1.29 is 23.7 Å². The lowest BCUT2D eigenvalue weighted by molar-refractivity contribution is 0.184. The largest absolute Gasteiger partial charge is 0.497 e. The van der Waals surface area contributed by atoms with E-state index >= 15 is 0 Å². The van der Waals surface area contributed by atoms with E-state index in [1.165, 1.54) is 214 Å². The number of aryl methyl sites for hydroxylation is 13. The van der Waals surface area contributed by atoms with E-state index in [-0.39, 0.29) is 0 Å². The Balaban J connectivity index is 0.000000162. The minimum Gasteiger partial charge on any atom is -0.497 e. The van der Waals surface area contributed by atoms with E-state index in [2.05, 4.69) is 181 Å². The molecule has 460 valence electrons. The van der Waals surface area contributed by atoms with Crippen LogP contribution in [0.4, 0.5) is 0 Å². The molecule has 5 aliphatic rings. The van der Waals surface area contributed by atoms with Crippen LogP contribution in [0.1, 0.15) is 188 Å². The third-order valence-corrected chi connectivity index (χ3v) is 16.7. The zero-order valence-electron chi connectivity index (χ0n) is 54.2. The van der Waals surface area contributed by atoms with Crippen molar-refractivity contribution >= 4 is 12.2 Å². The van der Waals surface area contributed by atoms with Crippen LogP contribution in [-0.4, -0.2) is 40.6 Å². The van der Waals surface area contributed by atoms with Gasteiger partial charge in [0, 0.05) is 13.7 Å². The molecule has 12 rings (SSSR count). The summed E-state index contributed by atoms with van der Waals surface area (Å²) in [6.45, 7) is 21.7. The van der Waals surface area contributed by atoms with Gasteiger partial charge in [-0.3, -0.25) is 0 Å². The van der Waals surface area contributed by atoms with Gasteiger partial charge in [0.25, 0.3) is 0 Å². The number of hydrogen-bond acceptors (Lipinski definition) is 5. The molecule has 0 unspecified atom stereocenters. The average molecular weight is 1160 g/mol. The molecule has 5 aliphatic carbocycles. The summed E-state index contributed by atoms with van der Waals surface area (Å²) in [5.74, 6) is 4.12. The van der Waals surface area contributed by atoms with Crippen LogP contribution in [0, 0.1) is 6.92 Å². The summed E-state index contributed by atoms with van der Waals surface area (Å²) in [5.41, 5.74) is 21.7. The molecule has 7 aromatic rings. The minimum atomic E-state index is 0.794. The van der Waals surface area contributed by atoms with Gasteiger partial charge in [-0.25, -0.2) is 0 Å². The monoisotopic (exact) mass is 1160 g/mol. The molecule has 5 heteroatoms. The van der Waals surface area contributed by atoms with Crippen LogP contribution in [0.5, 0.6) is 23.0 Å². The second-order valence-electron chi connectivity index (χ2n) is 23.5. The fourth-order valence-electron chi connectivity index (χ4n) is 10.5. The van der Waals surface area contributed by atoms with E-state index in [9.17, 15) is 0 Å². The fraction of sp³-hybridized carbons (Fsp3) is 0.432. The molecule has 0 spiro atoms. The number of ether oxygens (including phenoxy) is 5. The third kappa shape index (κ3) is 24.2. The van der Waals surface area contributed by atoms with E-state index < -0.39 is 0 Å². The summed E-state index contributed by atoms with van der Waals surface area (Å²) in [7, 11) is 3.44. The highest BCUT2D eigenvalue weighted by Gasteiger charge is 2.16. The maximum Gasteiger partial charge on any atom is 0.119 e. The molecule has 7 aromatic carbocycles. The molecule has 0 heterocycles. The van der Waals surface area contributed by atoms with Gasteiger partial charge in [-0.2, -0.15) is 0 Å². The number of methoxy groups -OCH3 is 2. The van der Waals surface area contributed by atoms with Crippen LogP contribution in [0.3, 0.4) is 0 Å². The predicted molar refractivity (Wildman–Crippen MR) is 367 cm³/mol. The Hall–Kier alpha value is -6.82. The molecule has 0 atom stereocenters.